The number of ether oxygens (including phenoxy) is 2. The van der Waals surface area contributed by atoms with Crippen molar-refractivity contribution < 1.29 is 27.5 Å². The van der Waals surface area contributed by atoms with Crippen molar-refractivity contribution in [3.05, 3.63) is 54.1 Å². The quantitative estimate of drug-likeness (QED) is 0.574. The van der Waals surface area contributed by atoms with E-state index < -0.39 is 28.5 Å². The molecule has 0 bridgehead atoms. The van der Waals surface area contributed by atoms with E-state index in [1.165, 1.54) is 32.2 Å². The lowest BCUT2D eigenvalue weighted by atomic mass is 10.1. The number of benzene rings is 2. The molecule has 0 saturated heterocycles. The summed E-state index contributed by atoms with van der Waals surface area (Å²) in [5.74, 6) is -0.237. The number of carbonyl (C=O) groups excluding carboxylic acids is 2. The highest BCUT2D eigenvalue weighted by Crippen LogP contribution is 2.33. The first-order chi connectivity index (χ1) is 15.1. The van der Waals surface area contributed by atoms with Crippen molar-refractivity contribution in [3.8, 4) is 11.5 Å². The molecule has 0 aliphatic rings. The van der Waals surface area contributed by atoms with Gasteiger partial charge in [0.2, 0.25) is 21.8 Å². The molecule has 0 aromatic heterocycles. The maximum atomic E-state index is 13.4. The lowest BCUT2D eigenvalue weighted by Gasteiger charge is -2.31. The summed E-state index contributed by atoms with van der Waals surface area (Å²) in [6.07, 6.45) is 1.00. The van der Waals surface area contributed by atoms with Gasteiger partial charge in [0.15, 0.2) is 0 Å². The molecule has 2 aromatic carbocycles. The Bertz CT molecular complexity index is 1040. The van der Waals surface area contributed by atoms with E-state index in [-0.39, 0.29) is 23.9 Å². The number of likely N-dealkylation sites (N-methyl/N-ethyl adjacent to an activating group) is 1. The molecule has 2 aromatic rings. The molecule has 0 aliphatic heterocycles. The van der Waals surface area contributed by atoms with Gasteiger partial charge in [-0.1, -0.05) is 30.3 Å². The molecule has 0 aliphatic carbocycles. The summed E-state index contributed by atoms with van der Waals surface area (Å²) in [5, 5.41) is 2.53. The number of amides is 2. The third kappa shape index (κ3) is 6.13. The highest BCUT2D eigenvalue weighted by molar-refractivity contribution is 7.92. The number of anilines is 1. The van der Waals surface area contributed by atoms with E-state index in [9.17, 15) is 18.0 Å². The van der Waals surface area contributed by atoms with Crippen LogP contribution in [0.1, 0.15) is 12.5 Å². The highest BCUT2D eigenvalue weighted by atomic mass is 32.2. The number of methoxy groups -OCH3 is 2. The zero-order valence-electron chi connectivity index (χ0n) is 18.9. The van der Waals surface area contributed by atoms with E-state index in [4.69, 9.17) is 9.47 Å². The summed E-state index contributed by atoms with van der Waals surface area (Å²) in [4.78, 5) is 27.0. The summed E-state index contributed by atoms with van der Waals surface area (Å²) in [6.45, 7) is 1.22. The van der Waals surface area contributed by atoms with Crippen LogP contribution in [0.2, 0.25) is 0 Å². The number of rotatable bonds is 10. The molecule has 0 spiro atoms. The second-order valence-electron chi connectivity index (χ2n) is 7.10. The molecule has 32 heavy (non-hydrogen) atoms. The van der Waals surface area contributed by atoms with Gasteiger partial charge in [-0.15, -0.1) is 0 Å². The fraction of sp³-hybridized carbons (Fsp3) is 0.364. The van der Waals surface area contributed by atoms with Gasteiger partial charge in [-0.2, -0.15) is 0 Å². The zero-order valence-corrected chi connectivity index (χ0v) is 19.7. The summed E-state index contributed by atoms with van der Waals surface area (Å²) < 4.78 is 36.8. The fourth-order valence-corrected chi connectivity index (χ4v) is 4.00. The van der Waals surface area contributed by atoms with Gasteiger partial charge in [-0.3, -0.25) is 13.9 Å². The normalized spacial score (nSPS) is 11.9. The molecule has 0 radical (unpaired) electrons. The minimum atomic E-state index is -3.88. The Balaban J connectivity index is 2.46. The number of nitrogens with zero attached hydrogens (tertiary/aromatic N) is 2. The van der Waals surface area contributed by atoms with E-state index in [1.807, 2.05) is 30.3 Å². The Kier molecular flexibility index (Phi) is 8.48. The van der Waals surface area contributed by atoms with Crippen molar-refractivity contribution in [1.29, 1.82) is 0 Å². The molecule has 2 rings (SSSR count). The largest absolute Gasteiger partial charge is 0.497 e. The van der Waals surface area contributed by atoms with Gasteiger partial charge in [0, 0.05) is 19.7 Å². The number of carbonyl (C=O) groups is 2. The maximum Gasteiger partial charge on any atom is 0.244 e. The van der Waals surface area contributed by atoms with E-state index in [0.717, 1.165) is 16.1 Å². The minimum absolute atomic E-state index is 0.140. The maximum absolute atomic E-state index is 13.4. The Labute approximate surface area is 189 Å². The topological polar surface area (TPSA) is 105 Å². The van der Waals surface area contributed by atoms with Gasteiger partial charge in [0.25, 0.3) is 0 Å². The molecule has 2 amide bonds. The molecule has 0 heterocycles. The summed E-state index contributed by atoms with van der Waals surface area (Å²) in [7, 11) is 0.460. The van der Waals surface area contributed by atoms with E-state index in [2.05, 4.69) is 5.32 Å². The van der Waals surface area contributed by atoms with Gasteiger partial charge in [0.05, 0.1) is 26.2 Å². The van der Waals surface area contributed by atoms with E-state index in [1.54, 1.807) is 19.1 Å². The van der Waals surface area contributed by atoms with Gasteiger partial charge < -0.3 is 19.7 Å². The third-order valence-electron chi connectivity index (χ3n) is 4.94. The summed E-state index contributed by atoms with van der Waals surface area (Å²) >= 11 is 0. The minimum Gasteiger partial charge on any atom is -0.497 e. The Morgan fingerprint density at radius 3 is 2.25 bits per heavy atom. The van der Waals surface area contributed by atoms with Crippen LogP contribution in [0.15, 0.2) is 48.5 Å². The monoisotopic (exact) mass is 463 g/mol. The van der Waals surface area contributed by atoms with Crippen molar-refractivity contribution >= 4 is 27.5 Å². The first-order valence-corrected chi connectivity index (χ1v) is 11.7. The lowest BCUT2D eigenvalue weighted by molar-refractivity contribution is -0.139. The fourth-order valence-electron chi connectivity index (χ4n) is 3.16. The van der Waals surface area contributed by atoms with Gasteiger partial charge in [-0.25, -0.2) is 8.42 Å². The Morgan fingerprint density at radius 2 is 1.72 bits per heavy atom. The molecule has 0 saturated carbocycles. The Morgan fingerprint density at radius 1 is 1.06 bits per heavy atom. The van der Waals surface area contributed by atoms with Crippen LogP contribution < -0.4 is 19.1 Å². The van der Waals surface area contributed by atoms with Crippen molar-refractivity contribution in [1.82, 2.24) is 10.2 Å². The average Bonchev–Trinajstić information content (AvgIpc) is 2.79. The zero-order chi connectivity index (χ0) is 23.9. The molecule has 174 valence electrons. The SMILES string of the molecule is CNC(=O)[C@H](C)N(Cc1ccccc1)C(=O)CN(c1cc(OC)ccc1OC)S(C)(=O)=O. The molecule has 1 atom stereocenters. The first-order valence-electron chi connectivity index (χ1n) is 9.87. The molecule has 10 heteroatoms. The van der Waals surface area contributed by atoms with Crippen LogP contribution in [-0.4, -0.2) is 65.2 Å². The van der Waals surface area contributed by atoms with Crippen molar-refractivity contribution in [2.75, 3.05) is 38.4 Å². The standard InChI is InChI=1S/C22H29N3O6S/c1-16(22(27)23-2)24(14-17-9-7-6-8-10-17)21(26)15-25(32(5,28)29)19-13-18(30-3)11-12-20(19)31-4/h6-13,16H,14-15H2,1-5H3,(H,23,27)/t16-/m0/s1. The average molecular weight is 464 g/mol. The van der Waals surface area contributed by atoms with E-state index in [0.29, 0.717) is 5.75 Å². The van der Waals surface area contributed by atoms with Crippen molar-refractivity contribution in [2.45, 2.75) is 19.5 Å². The van der Waals surface area contributed by atoms with Crippen LogP contribution in [0.5, 0.6) is 11.5 Å². The number of hydrogen-bond donors (Lipinski definition) is 1. The summed E-state index contributed by atoms with van der Waals surface area (Å²) in [6, 6.07) is 13.0. The number of nitrogens with one attached hydrogen (secondary N) is 1. The van der Waals surface area contributed by atoms with Gasteiger partial charge in [0.1, 0.15) is 24.1 Å². The smallest absolute Gasteiger partial charge is 0.244 e. The van der Waals surface area contributed by atoms with Crippen LogP contribution >= 0.6 is 0 Å². The van der Waals surface area contributed by atoms with Crippen LogP contribution in [0.4, 0.5) is 5.69 Å². The van der Waals surface area contributed by atoms with Gasteiger partial charge in [-0.05, 0) is 24.6 Å². The number of hydrogen-bond acceptors (Lipinski definition) is 6. The van der Waals surface area contributed by atoms with Crippen LogP contribution in [0.3, 0.4) is 0 Å². The molecular formula is C22H29N3O6S. The molecule has 1 N–H and O–H groups in total. The third-order valence-corrected chi connectivity index (χ3v) is 6.07. The predicted molar refractivity (Wildman–Crippen MR) is 122 cm³/mol. The summed E-state index contributed by atoms with van der Waals surface area (Å²) in [5.41, 5.74) is 0.969. The Hall–Kier alpha value is -3.27. The second-order valence-corrected chi connectivity index (χ2v) is 9.01. The second kappa shape index (κ2) is 10.9. The first kappa shape index (κ1) is 25.0. The van der Waals surface area contributed by atoms with Crippen LogP contribution in [0, 0.1) is 0 Å². The molecule has 9 nitrogen and oxygen atoms in total. The molecule has 0 fully saturated rings. The lowest BCUT2D eigenvalue weighted by Crippen LogP contribution is -2.50. The van der Waals surface area contributed by atoms with Crippen molar-refractivity contribution in [2.24, 2.45) is 0 Å². The highest BCUT2D eigenvalue weighted by Gasteiger charge is 2.31. The van der Waals surface area contributed by atoms with Crippen LogP contribution in [0.25, 0.3) is 0 Å². The van der Waals surface area contributed by atoms with Crippen LogP contribution in [-0.2, 0) is 26.2 Å². The van der Waals surface area contributed by atoms with E-state index >= 15 is 0 Å². The predicted octanol–water partition coefficient (Wildman–Crippen LogP) is 1.63. The molecule has 0 unspecified atom stereocenters. The molecular weight excluding hydrogens is 434 g/mol. The van der Waals surface area contributed by atoms with Gasteiger partial charge >= 0.3 is 0 Å². The number of sulfonamides is 1. The van der Waals surface area contributed by atoms with Crippen molar-refractivity contribution in [3.63, 3.8) is 0 Å².